The van der Waals surface area contributed by atoms with Gasteiger partial charge in [-0.2, -0.15) is 31.4 Å². The van der Waals surface area contributed by atoms with Gasteiger partial charge >= 0.3 is 30.3 Å². The van der Waals surface area contributed by atoms with Crippen LogP contribution in [-0.2, 0) is 36.1 Å². The van der Waals surface area contributed by atoms with Crippen LogP contribution < -0.4 is 0 Å². The number of carbonyl (C=O) groups is 3. The standard InChI is InChI=1S/C19H19N5O2.2C2HF3O2/c1-23-10-14(9-22-23)18-17(19(25)26)16-5-7-24(11-13(16)8-21-18)12-15-4-2-3-6-20-15;2*3-2(4,5)1(6)7/h2-4,6,8-10H,5,7,11-12H2,1H3,(H,25,26);2*(H,6,7). The molecule has 0 saturated carbocycles. The fourth-order valence-electron chi connectivity index (χ4n) is 3.45. The van der Waals surface area contributed by atoms with Crippen molar-refractivity contribution in [1.82, 2.24) is 24.6 Å². The smallest absolute Gasteiger partial charge is 0.478 e. The Bertz CT molecular complexity index is 1320. The van der Waals surface area contributed by atoms with Crippen molar-refractivity contribution in [2.24, 2.45) is 7.05 Å². The molecule has 0 radical (unpaired) electrons. The van der Waals surface area contributed by atoms with E-state index < -0.39 is 30.3 Å². The number of aliphatic carboxylic acids is 2. The average Bonchev–Trinajstić information content (AvgIpc) is 3.29. The third-order valence-corrected chi connectivity index (χ3v) is 5.14. The van der Waals surface area contributed by atoms with E-state index in [-0.39, 0.29) is 0 Å². The second kappa shape index (κ2) is 13.0. The van der Waals surface area contributed by atoms with Crippen molar-refractivity contribution in [3.05, 3.63) is 65.4 Å². The van der Waals surface area contributed by atoms with Crippen LogP contribution in [0.25, 0.3) is 11.3 Å². The Labute approximate surface area is 221 Å². The summed E-state index contributed by atoms with van der Waals surface area (Å²) in [5.41, 5.74) is 4.37. The fraction of sp³-hybridized carbons (Fsp3) is 0.304. The van der Waals surface area contributed by atoms with Crippen molar-refractivity contribution in [1.29, 1.82) is 0 Å². The normalized spacial score (nSPS) is 13.2. The van der Waals surface area contributed by atoms with Gasteiger partial charge in [0.1, 0.15) is 0 Å². The molecule has 1 aliphatic heterocycles. The summed E-state index contributed by atoms with van der Waals surface area (Å²) in [5, 5.41) is 28.2. The lowest BCUT2D eigenvalue weighted by molar-refractivity contribution is -0.193. The summed E-state index contributed by atoms with van der Waals surface area (Å²) >= 11 is 0. The molecule has 3 N–H and O–H groups in total. The van der Waals surface area contributed by atoms with Gasteiger partial charge in [-0.05, 0) is 29.7 Å². The molecule has 0 saturated heterocycles. The average molecular weight is 577 g/mol. The van der Waals surface area contributed by atoms with Crippen molar-refractivity contribution < 1.29 is 56.0 Å². The van der Waals surface area contributed by atoms with Gasteiger partial charge in [0.15, 0.2) is 0 Å². The lowest BCUT2D eigenvalue weighted by Gasteiger charge is -2.29. The number of hydrogen-bond acceptors (Lipinski definition) is 7. The van der Waals surface area contributed by atoms with E-state index in [9.17, 15) is 36.2 Å². The third kappa shape index (κ3) is 9.04. The van der Waals surface area contributed by atoms with Crippen molar-refractivity contribution in [2.45, 2.75) is 31.9 Å². The molecule has 0 aliphatic carbocycles. The molecule has 3 aromatic heterocycles. The number of fused-ring (bicyclic) bond motifs is 1. The largest absolute Gasteiger partial charge is 0.490 e. The topological polar surface area (TPSA) is 159 Å². The number of alkyl halides is 6. The molecule has 0 atom stereocenters. The number of hydrogen-bond donors (Lipinski definition) is 3. The summed E-state index contributed by atoms with van der Waals surface area (Å²) in [5.74, 6) is -6.45. The number of rotatable bonds is 4. The highest BCUT2D eigenvalue weighted by Crippen LogP contribution is 2.30. The molecular weight excluding hydrogens is 556 g/mol. The summed E-state index contributed by atoms with van der Waals surface area (Å²) in [6, 6.07) is 5.88. The molecule has 4 rings (SSSR count). The summed E-state index contributed by atoms with van der Waals surface area (Å²) in [6.07, 6.45) is -2.46. The van der Waals surface area contributed by atoms with Crippen LogP contribution in [-0.4, -0.2) is 76.8 Å². The number of halogens is 6. The van der Waals surface area contributed by atoms with Gasteiger partial charge in [-0.3, -0.25) is 19.5 Å². The first kappa shape index (κ1) is 31.7. The molecule has 1 aliphatic rings. The Hall–Kier alpha value is -4.54. The Kier molecular flexibility index (Phi) is 10.3. The minimum absolute atomic E-state index is 0.299. The maximum atomic E-state index is 12.0. The minimum Gasteiger partial charge on any atom is -0.478 e. The number of aromatic nitrogens is 4. The first-order valence-corrected chi connectivity index (χ1v) is 11.0. The van der Waals surface area contributed by atoms with Gasteiger partial charge in [0.25, 0.3) is 0 Å². The van der Waals surface area contributed by atoms with Crippen LogP contribution in [0.5, 0.6) is 0 Å². The molecule has 40 heavy (non-hydrogen) atoms. The molecule has 0 unspecified atom stereocenters. The first-order valence-electron chi connectivity index (χ1n) is 11.0. The highest BCUT2D eigenvalue weighted by Gasteiger charge is 2.38. The zero-order chi connectivity index (χ0) is 30.3. The van der Waals surface area contributed by atoms with Gasteiger partial charge in [-0.15, -0.1) is 0 Å². The van der Waals surface area contributed by atoms with Crippen LogP contribution in [0.15, 0.2) is 43.0 Å². The lowest BCUT2D eigenvalue weighted by atomic mass is 9.93. The molecule has 17 heteroatoms. The van der Waals surface area contributed by atoms with Crippen molar-refractivity contribution >= 4 is 17.9 Å². The van der Waals surface area contributed by atoms with E-state index in [1.54, 1.807) is 36.5 Å². The number of pyridine rings is 2. The molecule has 3 aromatic rings. The molecule has 216 valence electrons. The number of carboxylic acids is 3. The van der Waals surface area contributed by atoms with Gasteiger partial charge in [0.05, 0.1) is 23.1 Å². The van der Waals surface area contributed by atoms with Gasteiger partial charge in [0, 0.05) is 50.8 Å². The second-order valence-electron chi connectivity index (χ2n) is 8.08. The number of carboxylic acid groups (broad SMARTS) is 3. The summed E-state index contributed by atoms with van der Waals surface area (Å²) in [7, 11) is 1.80. The van der Waals surface area contributed by atoms with Crippen LogP contribution in [0.4, 0.5) is 26.3 Å². The minimum atomic E-state index is -5.08. The Morgan fingerprint density at radius 1 is 0.950 bits per heavy atom. The van der Waals surface area contributed by atoms with Crippen LogP contribution >= 0.6 is 0 Å². The van der Waals surface area contributed by atoms with Crippen LogP contribution in [0.1, 0.15) is 27.2 Å². The zero-order valence-corrected chi connectivity index (χ0v) is 20.4. The Morgan fingerprint density at radius 2 is 1.55 bits per heavy atom. The van der Waals surface area contributed by atoms with E-state index in [0.29, 0.717) is 24.2 Å². The van der Waals surface area contributed by atoms with Crippen molar-refractivity contribution in [2.75, 3.05) is 6.54 Å². The first-order chi connectivity index (χ1) is 18.5. The fourth-order valence-corrected chi connectivity index (χ4v) is 3.45. The van der Waals surface area contributed by atoms with Gasteiger partial charge in [-0.25, -0.2) is 14.4 Å². The molecule has 0 fully saturated rings. The molecule has 11 nitrogen and oxygen atoms in total. The summed E-state index contributed by atoms with van der Waals surface area (Å²) < 4.78 is 65.1. The van der Waals surface area contributed by atoms with Crippen LogP contribution in [0.2, 0.25) is 0 Å². The summed E-state index contributed by atoms with van der Waals surface area (Å²) in [6.45, 7) is 2.21. The molecule has 0 bridgehead atoms. The van der Waals surface area contributed by atoms with E-state index >= 15 is 0 Å². The van der Waals surface area contributed by atoms with E-state index in [2.05, 4.69) is 20.0 Å². The van der Waals surface area contributed by atoms with Gasteiger partial charge in [0.2, 0.25) is 0 Å². The Balaban J connectivity index is 0.000000333. The van der Waals surface area contributed by atoms with E-state index in [1.807, 2.05) is 18.2 Å². The Morgan fingerprint density at radius 3 is 2.00 bits per heavy atom. The predicted octanol–water partition coefficient (Wildman–Crippen LogP) is 3.40. The van der Waals surface area contributed by atoms with Crippen LogP contribution in [0.3, 0.4) is 0 Å². The van der Waals surface area contributed by atoms with E-state index in [4.69, 9.17) is 19.8 Å². The maximum Gasteiger partial charge on any atom is 0.490 e. The predicted molar refractivity (Wildman–Crippen MR) is 123 cm³/mol. The highest BCUT2D eigenvalue weighted by molar-refractivity contribution is 5.96. The SMILES string of the molecule is Cn1cc(-c2ncc3c(c2C(=O)O)CCN(Cc2ccccn2)C3)cn1.O=C(O)C(F)(F)F.O=C(O)C(F)(F)F. The van der Waals surface area contributed by atoms with Gasteiger partial charge < -0.3 is 15.3 Å². The molecular formula is C23H21F6N5O6. The monoisotopic (exact) mass is 577 g/mol. The van der Waals surface area contributed by atoms with E-state index in [0.717, 1.165) is 35.5 Å². The third-order valence-electron chi connectivity index (χ3n) is 5.14. The maximum absolute atomic E-state index is 12.0. The van der Waals surface area contributed by atoms with E-state index in [1.165, 1.54) is 0 Å². The number of aromatic carboxylic acids is 1. The lowest BCUT2D eigenvalue weighted by Crippen LogP contribution is -2.32. The molecule has 0 amide bonds. The van der Waals surface area contributed by atoms with Crippen molar-refractivity contribution in [3.8, 4) is 11.3 Å². The molecule has 0 aromatic carbocycles. The highest BCUT2D eigenvalue weighted by atomic mass is 19.4. The number of nitrogens with zero attached hydrogens (tertiary/aromatic N) is 5. The van der Waals surface area contributed by atoms with Gasteiger partial charge in [-0.1, -0.05) is 6.07 Å². The van der Waals surface area contributed by atoms with Crippen molar-refractivity contribution in [3.63, 3.8) is 0 Å². The molecule has 0 spiro atoms. The zero-order valence-electron chi connectivity index (χ0n) is 20.4. The number of aryl methyl sites for hydroxylation is 1. The summed E-state index contributed by atoms with van der Waals surface area (Å²) in [4.78, 5) is 40.8. The molecule has 4 heterocycles. The second-order valence-corrected chi connectivity index (χ2v) is 8.08. The quantitative estimate of drug-likeness (QED) is 0.393. The van der Waals surface area contributed by atoms with Crippen LogP contribution in [0, 0.1) is 0 Å².